The number of aromatic nitrogens is 4. The van der Waals surface area contributed by atoms with E-state index < -0.39 is 5.91 Å². The number of H-pyrrole nitrogens is 1. The van der Waals surface area contributed by atoms with Crippen LogP contribution >= 0.6 is 0 Å². The van der Waals surface area contributed by atoms with Gasteiger partial charge in [0, 0.05) is 6.07 Å². The number of rotatable bonds is 3. The van der Waals surface area contributed by atoms with E-state index in [1.54, 1.807) is 24.3 Å². The number of nitrogens with zero attached hydrogens (tertiary/aromatic N) is 3. The van der Waals surface area contributed by atoms with Crippen LogP contribution in [0.2, 0.25) is 0 Å². The smallest absolute Gasteiger partial charge is 0.287 e. The van der Waals surface area contributed by atoms with Crippen molar-refractivity contribution < 1.29 is 9.21 Å². The minimum Gasteiger partial charge on any atom is -0.451 e. The van der Waals surface area contributed by atoms with E-state index in [1.807, 2.05) is 0 Å². The van der Waals surface area contributed by atoms with Crippen molar-refractivity contribution in [3.63, 3.8) is 0 Å². The maximum Gasteiger partial charge on any atom is 0.287 e. The van der Waals surface area contributed by atoms with Gasteiger partial charge in [0.15, 0.2) is 17.0 Å². The summed E-state index contributed by atoms with van der Waals surface area (Å²) < 4.78 is 5.40. The van der Waals surface area contributed by atoms with Gasteiger partial charge in [-0.15, -0.1) is 10.2 Å². The van der Waals surface area contributed by atoms with E-state index in [-0.39, 0.29) is 17.7 Å². The van der Waals surface area contributed by atoms with Crippen LogP contribution in [0.25, 0.3) is 11.0 Å². The molecule has 0 saturated carbocycles. The zero-order valence-electron chi connectivity index (χ0n) is 10.2. The van der Waals surface area contributed by atoms with Gasteiger partial charge in [-0.2, -0.15) is 5.21 Å². The summed E-state index contributed by atoms with van der Waals surface area (Å²) in [5.74, 6) is -0.240. The zero-order chi connectivity index (χ0) is 13.9. The van der Waals surface area contributed by atoms with Crippen LogP contribution in [0, 0.1) is 0 Å². The summed E-state index contributed by atoms with van der Waals surface area (Å²) in [5, 5.41) is 16.0. The molecule has 0 radical (unpaired) electrons. The van der Waals surface area contributed by atoms with Crippen molar-refractivity contribution in [2.45, 2.75) is 6.54 Å². The predicted octanol–water partition coefficient (Wildman–Crippen LogP) is 0.236. The van der Waals surface area contributed by atoms with E-state index in [2.05, 4.69) is 25.9 Å². The van der Waals surface area contributed by atoms with E-state index in [0.717, 1.165) is 6.07 Å². The second-order valence-electron chi connectivity index (χ2n) is 3.98. The number of benzene rings is 1. The van der Waals surface area contributed by atoms with Crippen LogP contribution < -0.4 is 10.7 Å². The van der Waals surface area contributed by atoms with Gasteiger partial charge in [-0.1, -0.05) is 17.3 Å². The third-order valence-electron chi connectivity index (χ3n) is 2.65. The first kappa shape index (κ1) is 12.0. The summed E-state index contributed by atoms with van der Waals surface area (Å²) in [6.45, 7) is 0.0892. The average Bonchev–Trinajstić information content (AvgIpc) is 2.98. The summed E-state index contributed by atoms with van der Waals surface area (Å²) in [5.41, 5.74) is 0.0984. The normalized spacial score (nSPS) is 10.6. The number of nitrogens with one attached hydrogen (secondary N) is 2. The minimum absolute atomic E-state index is 0.0582. The lowest BCUT2D eigenvalue weighted by molar-refractivity contribution is 0.0922. The Bertz CT molecular complexity index is 809. The monoisotopic (exact) mass is 271 g/mol. The topological polar surface area (TPSA) is 114 Å². The molecule has 0 aliphatic heterocycles. The standard InChI is InChI=1S/C12H9N5O3/c18-8-5-10(20-9-4-2-1-3-7(8)9)12(19)13-6-11-14-16-17-15-11/h1-5H,6H2,(H,13,19)(H,14,15,16,17). The molecule has 0 unspecified atom stereocenters. The maximum absolute atomic E-state index is 11.9. The number of carbonyl (C=O) groups is 1. The van der Waals surface area contributed by atoms with Gasteiger partial charge in [-0.3, -0.25) is 9.59 Å². The number of carbonyl (C=O) groups excluding carboxylic acids is 1. The molecule has 0 spiro atoms. The van der Waals surface area contributed by atoms with Crippen molar-refractivity contribution >= 4 is 16.9 Å². The molecule has 0 bridgehead atoms. The van der Waals surface area contributed by atoms with E-state index in [9.17, 15) is 9.59 Å². The highest BCUT2D eigenvalue weighted by Gasteiger charge is 2.12. The molecule has 3 aromatic rings. The number of fused-ring (bicyclic) bond motifs is 1. The Morgan fingerprint density at radius 1 is 1.35 bits per heavy atom. The third-order valence-corrected chi connectivity index (χ3v) is 2.65. The van der Waals surface area contributed by atoms with E-state index in [1.165, 1.54) is 0 Å². The van der Waals surface area contributed by atoms with Gasteiger partial charge < -0.3 is 9.73 Å². The Hall–Kier alpha value is -3.03. The number of hydrogen-bond acceptors (Lipinski definition) is 6. The second kappa shape index (κ2) is 4.92. The van der Waals surface area contributed by atoms with E-state index in [0.29, 0.717) is 16.8 Å². The Kier molecular flexibility index (Phi) is 2.96. The molecule has 20 heavy (non-hydrogen) atoms. The number of tetrazole rings is 1. The SMILES string of the molecule is O=C(NCc1nn[nH]n1)c1cc(=O)c2ccccc2o1. The highest BCUT2D eigenvalue weighted by Crippen LogP contribution is 2.11. The highest BCUT2D eigenvalue weighted by atomic mass is 16.3. The zero-order valence-corrected chi connectivity index (χ0v) is 10.2. The Morgan fingerprint density at radius 3 is 3.00 bits per heavy atom. The Morgan fingerprint density at radius 2 is 2.20 bits per heavy atom. The molecule has 8 heteroatoms. The quantitative estimate of drug-likeness (QED) is 0.705. The Balaban J connectivity index is 1.86. The molecule has 0 aliphatic rings. The molecular weight excluding hydrogens is 262 g/mol. The van der Waals surface area contributed by atoms with Crippen LogP contribution in [0.3, 0.4) is 0 Å². The van der Waals surface area contributed by atoms with Gasteiger partial charge in [-0.05, 0) is 12.1 Å². The van der Waals surface area contributed by atoms with Gasteiger partial charge in [0.25, 0.3) is 5.91 Å². The number of amides is 1. The van der Waals surface area contributed by atoms with Crippen LogP contribution in [-0.2, 0) is 6.54 Å². The van der Waals surface area contributed by atoms with Crippen LogP contribution in [0.1, 0.15) is 16.4 Å². The van der Waals surface area contributed by atoms with Crippen molar-refractivity contribution in [3.05, 3.63) is 52.1 Å². The average molecular weight is 271 g/mol. The predicted molar refractivity (Wildman–Crippen MR) is 67.8 cm³/mol. The number of aromatic amines is 1. The maximum atomic E-state index is 11.9. The molecule has 1 aromatic carbocycles. The molecule has 0 atom stereocenters. The number of hydrogen-bond donors (Lipinski definition) is 2. The summed E-state index contributed by atoms with van der Waals surface area (Å²) in [6, 6.07) is 7.89. The second-order valence-corrected chi connectivity index (χ2v) is 3.98. The molecule has 8 nitrogen and oxygen atoms in total. The van der Waals surface area contributed by atoms with Gasteiger partial charge in [-0.25, -0.2) is 0 Å². The lowest BCUT2D eigenvalue weighted by atomic mass is 10.2. The molecule has 1 amide bonds. The van der Waals surface area contributed by atoms with Crippen molar-refractivity contribution in [3.8, 4) is 0 Å². The molecule has 0 saturated heterocycles. The molecule has 3 rings (SSSR count). The van der Waals surface area contributed by atoms with E-state index >= 15 is 0 Å². The molecule has 2 N–H and O–H groups in total. The largest absolute Gasteiger partial charge is 0.451 e. The number of para-hydroxylation sites is 1. The van der Waals surface area contributed by atoms with Crippen LogP contribution in [-0.4, -0.2) is 26.5 Å². The minimum atomic E-state index is -0.516. The van der Waals surface area contributed by atoms with Crippen molar-refractivity contribution in [2.24, 2.45) is 0 Å². The molecule has 0 fully saturated rings. The fourth-order valence-corrected chi connectivity index (χ4v) is 1.72. The molecule has 2 heterocycles. The first-order valence-corrected chi connectivity index (χ1v) is 5.77. The molecule has 0 aliphatic carbocycles. The lowest BCUT2D eigenvalue weighted by Gasteiger charge is -2.03. The third kappa shape index (κ3) is 2.26. The fourth-order valence-electron chi connectivity index (χ4n) is 1.72. The van der Waals surface area contributed by atoms with Crippen molar-refractivity contribution in [1.29, 1.82) is 0 Å². The summed E-state index contributed by atoms with van der Waals surface area (Å²) in [6.07, 6.45) is 0. The van der Waals surface area contributed by atoms with Gasteiger partial charge in [0.05, 0.1) is 11.9 Å². The molecular formula is C12H9N5O3. The van der Waals surface area contributed by atoms with Crippen molar-refractivity contribution in [1.82, 2.24) is 25.9 Å². The first-order chi connectivity index (χ1) is 9.74. The van der Waals surface area contributed by atoms with Crippen LogP contribution in [0.15, 0.2) is 39.5 Å². The van der Waals surface area contributed by atoms with Gasteiger partial charge in [0.1, 0.15) is 5.58 Å². The lowest BCUT2D eigenvalue weighted by Crippen LogP contribution is -2.24. The highest BCUT2D eigenvalue weighted by molar-refractivity contribution is 5.93. The summed E-state index contributed by atoms with van der Waals surface area (Å²) in [4.78, 5) is 23.8. The van der Waals surface area contributed by atoms with Gasteiger partial charge >= 0.3 is 0 Å². The van der Waals surface area contributed by atoms with E-state index in [4.69, 9.17) is 4.42 Å². The Labute approximate surface area is 111 Å². The van der Waals surface area contributed by atoms with Crippen molar-refractivity contribution in [2.75, 3.05) is 0 Å². The van der Waals surface area contributed by atoms with Gasteiger partial charge in [0.2, 0.25) is 0 Å². The summed E-state index contributed by atoms with van der Waals surface area (Å²) >= 11 is 0. The van der Waals surface area contributed by atoms with Crippen LogP contribution in [0.4, 0.5) is 0 Å². The van der Waals surface area contributed by atoms with Crippen LogP contribution in [0.5, 0.6) is 0 Å². The fraction of sp³-hybridized carbons (Fsp3) is 0.0833. The first-order valence-electron chi connectivity index (χ1n) is 5.77. The molecule has 100 valence electrons. The molecule has 2 aromatic heterocycles. The summed E-state index contributed by atoms with van der Waals surface area (Å²) in [7, 11) is 0.